The summed E-state index contributed by atoms with van der Waals surface area (Å²) in [7, 11) is 1.71. The summed E-state index contributed by atoms with van der Waals surface area (Å²) in [5.41, 5.74) is 1.22. The Morgan fingerprint density at radius 1 is 1.20 bits per heavy atom. The molecule has 3 rings (SSSR count). The van der Waals surface area contributed by atoms with Gasteiger partial charge in [-0.2, -0.15) is 0 Å². The third kappa shape index (κ3) is 7.77. The van der Waals surface area contributed by atoms with Gasteiger partial charge in [-0.1, -0.05) is 6.07 Å². The van der Waals surface area contributed by atoms with E-state index in [4.69, 9.17) is 19.2 Å². The molecule has 2 heterocycles. The molecule has 0 spiro atoms. The van der Waals surface area contributed by atoms with Gasteiger partial charge in [0.05, 0.1) is 13.2 Å². The van der Waals surface area contributed by atoms with Crippen LogP contribution < -0.4 is 15.0 Å². The Labute approximate surface area is 198 Å². The number of aliphatic imine (C=N–C) groups is 1. The van der Waals surface area contributed by atoms with Gasteiger partial charge >= 0.3 is 0 Å². The number of hydrogen-bond acceptors (Lipinski definition) is 5. The second kappa shape index (κ2) is 13.9. The van der Waals surface area contributed by atoms with Crippen molar-refractivity contribution in [2.24, 2.45) is 4.99 Å². The molecule has 0 aromatic heterocycles. The molecule has 2 saturated heterocycles. The van der Waals surface area contributed by atoms with E-state index in [1.54, 1.807) is 7.11 Å². The van der Waals surface area contributed by atoms with Crippen molar-refractivity contribution in [3.63, 3.8) is 0 Å². The highest BCUT2D eigenvalue weighted by molar-refractivity contribution is 14.0. The molecule has 0 aliphatic carbocycles. The lowest BCUT2D eigenvalue weighted by Crippen LogP contribution is -2.52. The van der Waals surface area contributed by atoms with Crippen molar-refractivity contribution < 1.29 is 14.2 Å². The second-order valence-electron chi connectivity index (χ2n) is 7.45. The Bertz CT molecular complexity index is 633. The van der Waals surface area contributed by atoms with Gasteiger partial charge in [0, 0.05) is 70.8 Å². The fourth-order valence-electron chi connectivity index (χ4n) is 3.75. The maximum Gasteiger partial charge on any atom is 0.194 e. The highest BCUT2D eigenvalue weighted by Crippen LogP contribution is 2.22. The first kappa shape index (κ1) is 25.0. The number of guanidine groups is 1. The Hall–Kier alpha value is -1.26. The SMILES string of the molecule is CCNC(=NCCCOC1CCOCC1)N1CCN(c2cccc(OC)c2)CC1.I. The zero-order valence-corrected chi connectivity index (χ0v) is 20.7. The first-order chi connectivity index (χ1) is 14.3. The van der Waals surface area contributed by atoms with Crippen LogP contribution in [0.3, 0.4) is 0 Å². The third-order valence-corrected chi connectivity index (χ3v) is 5.42. The van der Waals surface area contributed by atoms with Crippen molar-refractivity contribution in [3.05, 3.63) is 24.3 Å². The van der Waals surface area contributed by atoms with Crippen molar-refractivity contribution in [1.29, 1.82) is 0 Å². The van der Waals surface area contributed by atoms with Crippen molar-refractivity contribution in [2.45, 2.75) is 32.3 Å². The van der Waals surface area contributed by atoms with Gasteiger partial charge in [0.1, 0.15) is 5.75 Å². The van der Waals surface area contributed by atoms with E-state index in [2.05, 4.69) is 40.2 Å². The maximum atomic E-state index is 5.95. The van der Waals surface area contributed by atoms with E-state index in [0.29, 0.717) is 6.10 Å². The van der Waals surface area contributed by atoms with Gasteiger partial charge in [-0.25, -0.2) is 0 Å². The summed E-state index contributed by atoms with van der Waals surface area (Å²) in [6.45, 7) is 10.1. The Kier molecular flexibility index (Phi) is 11.6. The van der Waals surface area contributed by atoms with Gasteiger partial charge in [0.25, 0.3) is 0 Å². The molecule has 1 aromatic carbocycles. The third-order valence-electron chi connectivity index (χ3n) is 5.42. The van der Waals surface area contributed by atoms with Crippen molar-refractivity contribution in [3.8, 4) is 5.75 Å². The van der Waals surface area contributed by atoms with E-state index in [-0.39, 0.29) is 24.0 Å². The topological polar surface area (TPSA) is 58.6 Å². The summed E-state index contributed by atoms with van der Waals surface area (Å²) in [5.74, 6) is 1.92. The molecule has 30 heavy (non-hydrogen) atoms. The molecule has 0 atom stereocenters. The summed E-state index contributed by atoms with van der Waals surface area (Å²) in [5, 5.41) is 3.45. The number of ether oxygens (including phenoxy) is 3. The fourth-order valence-corrected chi connectivity index (χ4v) is 3.75. The van der Waals surface area contributed by atoms with Crippen molar-refractivity contribution in [2.75, 3.05) is 71.1 Å². The average molecular weight is 532 g/mol. The van der Waals surface area contributed by atoms with Crippen LogP contribution in [0.5, 0.6) is 5.75 Å². The van der Waals surface area contributed by atoms with E-state index >= 15 is 0 Å². The first-order valence-corrected chi connectivity index (χ1v) is 10.9. The number of hydrogen-bond donors (Lipinski definition) is 1. The zero-order valence-electron chi connectivity index (χ0n) is 18.3. The number of nitrogens with one attached hydrogen (secondary N) is 1. The van der Waals surface area contributed by atoms with Crippen LogP contribution in [-0.4, -0.2) is 83.2 Å². The molecule has 0 unspecified atom stereocenters. The Balaban J connectivity index is 0.00000320. The van der Waals surface area contributed by atoms with E-state index in [9.17, 15) is 0 Å². The number of halogens is 1. The van der Waals surface area contributed by atoms with Crippen LogP contribution in [0.4, 0.5) is 5.69 Å². The lowest BCUT2D eigenvalue weighted by Gasteiger charge is -2.37. The number of benzene rings is 1. The molecule has 2 aliphatic rings. The van der Waals surface area contributed by atoms with Gasteiger partial charge < -0.3 is 29.3 Å². The summed E-state index contributed by atoms with van der Waals surface area (Å²) in [6.07, 6.45) is 3.36. The summed E-state index contributed by atoms with van der Waals surface area (Å²) < 4.78 is 16.7. The monoisotopic (exact) mass is 532 g/mol. The van der Waals surface area contributed by atoms with Crippen LogP contribution >= 0.6 is 24.0 Å². The van der Waals surface area contributed by atoms with Gasteiger partial charge in [0.15, 0.2) is 5.96 Å². The molecule has 0 amide bonds. The Morgan fingerprint density at radius 3 is 2.67 bits per heavy atom. The molecule has 2 fully saturated rings. The molecular formula is C22H37IN4O3. The first-order valence-electron chi connectivity index (χ1n) is 10.9. The number of anilines is 1. The molecule has 2 aliphatic heterocycles. The van der Waals surface area contributed by atoms with Crippen LogP contribution in [-0.2, 0) is 9.47 Å². The van der Waals surface area contributed by atoms with E-state index < -0.39 is 0 Å². The molecule has 0 radical (unpaired) electrons. The normalized spacial score (nSPS) is 18.1. The summed E-state index contributed by atoms with van der Waals surface area (Å²) in [6, 6.07) is 8.29. The molecule has 0 saturated carbocycles. The molecule has 8 heteroatoms. The van der Waals surface area contributed by atoms with E-state index in [0.717, 1.165) is 90.1 Å². The van der Waals surface area contributed by atoms with E-state index in [1.165, 1.54) is 5.69 Å². The van der Waals surface area contributed by atoms with Crippen molar-refractivity contribution >= 4 is 35.6 Å². The number of piperazine rings is 1. The predicted octanol–water partition coefficient (Wildman–Crippen LogP) is 2.99. The minimum Gasteiger partial charge on any atom is -0.497 e. The largest absolute Gasteiger partial charge is 0.497 e. The van der Waals surface area contributed by atoms with Gasteiger partial charge in [0.2, 0.25) is 0 Å². The molecular weight excluding hydrogens is 495 g/mol. The predicted molar refractivity (Wildman–Crippen MR) is 133 cm³/mol. The molecule has 1 N–H and O–H groups in total. The number of rotatable bonds is 8. The van der Waals surface area contributed by atoms with Gasteiger partial charge in [-0.15, -0.1) is 24.0 Å². The standard InChI is InChI=1S/C22H36N4O3.HI/c1-3-23-22(24-10-5-15-29-20-8-16-28-17-9-20)26-13-11-25(12-14-26)19-6-4-7-21(18-19)27-2;/h4,6-7,18,20H,3,5,8-17H2,1-2H3,(H,23,24);1H. The zero-order chi connectivity index (χ0) is 20.3. The molecule has 1 aromatic rings. The Morgan fingerprint density at radius 2 is 1.97 bits per heavy atom. The fraction of sp³-hybridized carbons (Fsp3) is 0.682. The quantitative estimate of drug-likeness (QED) is 0.241. The van der Waals surface area contributed by atoms with Gasteiger partial charge in [-0.05, 0) is 38.3 Å². The lowest BCUT2D eigenvalue weighted by atomic mass is 10.1. The van der Waals surface area contributed by atoms with Gasteiger partial charge in [-0.3, -0.25) is 4.99 Å². The highest BCUT2D eigenvalue weighted by atomic mass is 127. The summed E-state index contributed by atoms with van der Waals surface area (Å²) in [4.78, 5) is 9.60. The summed E-state index contributed by atoms with van der Waals surface area (Å²) >= 11 is 0. The van der Waals surface area contributed by atoms with Crippen molar-refractivity contribution in [1.82, 2.24) is 10.2 Å². The van der Waals surface area contributed by atoms with Crippen LogP contribution in [0.25, 0.3) is 0 Å². The van der Waals surface area contributed by atoms with Crippen LogP contribution in [0.15, 0.2) is 29.3 Å². The van der Waals surface area contributed by atoms with Crippen LogP contribution in [0.2, 0.25) is 0 Å². The highest BCUT2D eigenvalue weighted by Gasteiger charge is 2.20. The van der Waals surface area contributed by atoms with Crippen LogP contribution in [0.1, 0.15) is 26.2 Å². The molecule has 0 bridgehead atoms. The van der Waals surface area contributed by atoms with E-state index in [1.807, 2.05) is 6.07 Å². The minimum atomic E-state index is 0. The molecule has 170 valence electrons. The molecule has 7 nitrogen and oxygen atoms in total. The minimum absolute atomic E-state index is 0. The maximum absolute atomic E-state index is 5.95. The lowest BCUT2D eigenvalue weighted by molar-refractivity contribution is -0.0318. The number of methoxy groups -OCH3 is 1. The average Bonchev–Trinajstić information content (AvgIpc) is 2.79. The van der Waals surface area contributed by atoms with Crippen LogP contribution in [0, 0.1) is 0 Å². The second-order valence-corrected chi connectivity index (χ2v) is 7.45. The smallest absolute Gasteiger partial charge is 0.194 e. The number of nitrogens with zero attached hydrogens (tertiary/aromatic N) is 3.